The molecule has 1 aliphatic heterocycles. The molecule has 0 saturated carbocycles. The first-order valence-corrected chi connectivity index (χ1v) is 7.69. The lowest BCUT2D eigenvalue weighted by atomic mass is 10.00. The molecule has 0 unspecified atom stereocenters. The summed E-state index contributed by atoms with van der Waals surface area (Å²) in [7, 11) is 2.08. The maximum atomic E-state index is 12.4. The van der Waals surface area contributed by atoms with E-state index in [4.69, 9.17) is 11.6 Å². The quantitative estimate of drug-likeness (QED) is 0.947. The Morgan fingerprint density at radius 1 is 1.23 bits per heavy atom. The Hall–Kier alpha value is -1.91. The molecular formula is C17H18ClN3O. The zero-order valence-electron chi connectivity index (χ0n) is 12.4. The highest BCUT2D eigenvalue weighted by Crippen LogP contribution is 2.31. The van der Waals surface area contributed by atoms with Crippen molar-refractivity contribution in [1.29, 1.82) is 0 Å². The second-order valence-corrected chi connectivity index (χ2v) is 6.02. The van der Waals surface area contributed by atoms with Gasteiger partial charge >= 0.3 is 0 Å². The van der Waals surface area contributed by atoms with Gasteiger partial charge in [-0.2, -0.15) is 0 Å². The highest BCUT2D eigenvalue weighted by atomic mass is 35.5. The van der Waals surface area contributed by atoms with E-state index in [1.54, 1.807) is 24.5 Å². The number of pyridine rings is 1. The highest BCUT2D eigenvalue weighted by molar-refractivity contribution is 6.30. The smallest absolute Gasteiger partial charge is 0.251 e. The molecule has 4 nitrogen and oxygen atoms in total. The normalized spacial score (nSPS) is 21.7. The molecule has 2 heterocycles. The number of carbonyl (C=O) groups excluding carboxylic acids is 1. The Morgan fingerprint density at radius 3 is 2.59 bits per heavy atom. The summed E-state index contributed by atoms with van der Waals surface area (Å²) in [6, 6.07) is 11.6. The summed E-state index contributed by atoms with van der Waals surface area (Å²) in [5, 5.41) is 3.87. The second kappa shape index (κ2) is 6.46. The third-order valence-corrected chi connectivity index (χ3v) is 4.37. The first kappa shape index (κ1) is 15.0. The molecule has 1 saturated heterocycles. The number of amides is 1. The van der Waals surface area contributed by atoms with E-state index in [1.165, 1.54) is 5.56 Å². The first-order valence-electron chi connectivity index (χ1n) is 7.32. The number of nitrogens with one attached hydrogen (secondary N) is 1. The second-order valence-electron chi connectivity index (χ2n) is 5.58. The van der Waals surface area contributed by atoms with E-state index >= 15 is 0 Å². The van der Waals surface area contributed by atoms with Crippen molar-refractivity contribution in [2.45, 2.75) is 18.5 Å². The predicted molar refractivity (Wildman–Crippen MR) is 86.9 cm³/mol. The molecule has 0 bridgehead atoms. The van der Waals surface area contributed by atoms with Crippen molar-refractivity contribution >= 4 is 17.5 Å². The number of likely N-dealkylation sites (N-methyl/N-ethyl adjacent to an activating group) is 1. The number of carbonyl (C=O) groups is 1. The lowest BCUT2D eigenvalue weighted by molar-refractivity contribution is 0.0927. The summed E-state index contributed by atoms with van der Waals surface area (Å²) in [4.78, 5) is 18.6. The van der Waals surface area contributed by atoms with Crippen LogP contribution in [0.1, 0.15) is 28.4 Å². The Balaban J connectivity index is 1.77. The van der Waals surface area contributed by atoms with Crippen LogP contribution in [0.3, 0.4) is 0 Å². The van der Waals surface area contributed by atoms with Crippen molar-refractivity contribution in [3.05, 3.63) is 64.9 Å². The number of hydrogen-bond donors (Lipinski definition) is 1. The molecule has 2 atom stereocenters. The molecular weight excluding hydrogens is 298 g/mol. The highest BCUT2D eigenvalue weighted by Gasteiger charge is 2.34. The van der Waals surface area contributed by atoms with Gasteiger partial charge in [0.2, 0.25) is 0 Å². The molecule has 1 amide bonds. The van der Waals surface area contributed by atoms with E-state index in [-0.39, 0.29) is 18.0 Å². The van der Waals surface area contributed by atoms with E-state index in [0.717, 1.165) is 18.0 Å². The van der Waals surface area contributed by atoms with Crippen molar-refractivity contribution in [2.75, 3.05) is 13.6 Å². The minimum atomic E-state index is -0.0540. The number of benzene rings is 1. The summed E-state index contributed by atoms with van der Waals surface area (Å²) in [5.41, 5.74) is 1.81. The maximum Gasteiger partial charge on any atom is 0.251 e. The van der Waals surface area contributed by atoms with Crippen LogP contribution in [0.15, 0.2) is 48.8 Å². The Bertz CT molecular complexity index is 645. The molecule has 1 aliphatic rings. The van der Waals surface area contributed by atoms with Gasteiger partial charge in [0.25, 0.3) is 5.91 Å². The summed E-state index contributed by atoms with van der Waals surface area (Å²) in [6.07, 6.45) is 4.19. The van der Waals surface area contributed by atoms with Crippen LogP contribution in [0.25, 0.3) is 0 Å². The number of halogens is 1. The van der Waals surface area contributed by atoms with Gasteiger partial charge in [-0.3, -0.25) is 14.7 Å². The molecule has 1 aromatic heterocycles. The van der Waals surface area contributed by atoms with Crippen molar-refractivity contribution in [2.24, 2.45) is 0 Å². The fourth-order valence-corrected chi connectivity index (χ4v) is 3.13. The fourth-order valence-electron chi connectivity index (χ4n) is 3.00. The number of nitrogens with zero attached hydrogens (tertiary/aromatic N) is 2. The molecule has 2 aromatic rings. The van der Waals surface area contributed by atoms with Crippen LogP contribution in [-0.4, -0.2) is 35.4 Å². The van der Waals surface area contributed by atoms with Gasteiger partial charge in [0.05, 0.1) is 12.1 Å². The zero-order chi connectivity index (χ0) is 15.5. The van der Waals surface area contributed by atoms with Gasteiger partial charge in [-0.05, 0) is 43.3 Å². The minimum Gasteiger partial charge on any atom is -0.347 e. The molecule has 22 heavy (non-hydrogen) atoms. The third kappa shape index (κ3) is 3.13. The van der Waals surface area contributed by atoms with Gasteiger partial charge < -0.3 is 5.32 Å². The first-order chi connectivity index (χ1) is 10.6. The molecule has 1 aromatic carbocycles. The van der Waals surface area contributed by atoms with Gasteiger partial charge in [0.15, 0.2) is 0 Å². The molecule has 114 valence electrons. The van der Waals surface area contributed by atoms with E-state index in [0.29, 0.717) is 5.56 Å². The van der Waals surface area contributed by atoms with Gasteiger partial charge in [-0.25, -0.2) is 0 Å². The SMILES string of the molecule is CN1CC[C@H](NC(=O)c2ccncc2)[C@H]1c1ccc(Cl)cc1. The van der Waals surface area contributed by atoms with Crippen LogP contribution in [0.2, 0.25) is 5.02 Å². The number of hydrogen-bond acceptors (Lipinski definition) is 3. The molecule has 3 rings (SSSR count). The number of rotatable bonds is 3. The molecule has 1 N–H and O–H groups in total. The molecule has 5 heteroatoms. The van der Waals surface area contributed by atoms with Crippen molar-refractivity contribution < 1.29 is 4.79 Å². The Kier molecular flexibility index (Phi) is 4.41. The fraction of sp³-hybridized carbons (Fsp3) is 0.294. The largest absolute Gasteiger partial charge is 0.347 e. The van der Waals surface area contributed by atoms with Crippen LogP contribution >= 0.6 is 11.6 Å². The van der Waals surface area contributed by atoms with E-state index < -0.39 is 0 Å². The van der Waals surface area contributed by atoms with E-state index in [9.17, 15) is 4.79 Å². The van der Waals surface area contributed by atoms with Gasteiger partial charge in [0.1, 0.15) is 0 Å². The third-order valence-electron chi connectivity index (χ3n) is 4.12. The van der Waals surface area contributed by atoms with Crippen LogP contribution in [-0.2, 0) is 0 Å². The molecule has 0 spiro atoms. The van der Waals surface area contributed by atoms with Crippen molar-refractivity contribution in [3.8, 4) is 0 Å². The Morgan fingerprint density at radius 2 is 1.91 bits per heavy atom. The number of aromatic nitrogens is 1. The molecule has 0 radical (unpaired) electrons. The summed E-state index contributed by atoms with van der Waals surface area (Å²) in [6.45, 7) is 0.953. The van der Waals surface area contributed by atoms with Crippen molar-refractivity contribution in [3.63, 3.8) is 0 Å². The monoisotopic (exact) mass is 315 g/mol. The van der Waals surface area contributed by atoms with Crippen molar-refractivity contribution in [1.82, 2.24) is 15.2 Å². The minimum absolute atomic E-state index is 0.0540. The summed E-state index contributed by atoms with van der Waals surface area (Å²) in [5.74, 6) is -0.0540. The van der Waals surface area contributed by atoms with Gasteiger partial charge in [-0.1, -0.05) is 23.7 Å². The summed E-state index contributed by atoms with van der Waals surface area (Å²) >= 11 is 5.97. The number of likely N-dealkylation sites (tertiary alicyclic amines) is 1. The lowest BCUT2D eigenvalue weighted by Gasteiger charge is -2.26. The van der Waals surface area contributed by atoms with Crippen LogP contribution < -0.4 is 5.32 Å². The maximum absolute atomic E-state index is 12.4. The molecule has 1 fully saturated rings. The topological polar surface area (TPSA) is 45.2 Å². The zero-order valence-corrected chi connectivity index (χ0v) is 13.1. The average Bonchev–Trinajstić information content (AvgIpc) is 2.90. The predicted octanol–water partition coefficient (Wildman–Crippen LogP) is 2.91. The van der Waals surface area contributed by atoms with E-state index in [2.05, 4.69) is 22.2 Å². The van der Waals surface area contributed by atoms with Crippen LogP contribution in [0.4, 0.5) is 0 Å². The van der Waals surface area contributed by atoms with Gasteiger partial charge in [-0.15, -0.1) is 0 Å². The lowest BCUT2D eigenvalue weighted by Crippen LogP contribution is -2.38. The average molecular weight is 316 g/mol. The molecule has 0 aliphatic carbocycles. The van der Waals surface area contributed by atoms with Crippen LogP contribution in [0, 0.1) is 0 Å². The standard InChI is InChI=1S/C17H18ClN3O/c1-21-11-8-15(16(21)12-2-4-14(18)5-3-12)20-17(22)13-6-9-19-10-7-13/h2-7,9-10,15-16H,8,11H2,1H3,(H,20,22)/t15-,16+/m0/s1. The Labute approximate surface area is 135 Å². The van der Waals surface area contributed by atoms with E-state index in [1.807, 2.05) is 24.3 Å². The van der Waals surface area contributed by atoms with Crippen LogP contribution in [0.5, 0.6) is 0 Å². The summed E-state index contributed by atoms with van der Waals surface area (Å²) < 4.78 is 0. The van der Waals surface area contributed by atoms with Gasteiger partial charge in [0, 0.05) is 29.5 Å².